The average Bonchev–Trinajstić information content (AvgIpc) is 3.48. The Morgan fingerprint density at radius 1 is 0.362 bits per heavy atom. The van der Waals surface area contributed by atoms with E-state index in [1.165, 1.54) is 101 Å². The van der Waals surface area contributed by atoms with Gasteiger partial charge in [-0.15, -0.1) is 0 Å². The second kappa shape index (κ2) is 16.9. The van der Waals surface area contributed by atoms with Gasteiger partial charge in [-0.05, 0) is 146 Å². The molecule has 0 amide bonds. The van der Waals surface area contributed by atoms with Crippen molar-refractivity contribution >= 4 is 34.1 Å². The minimum atomic E-state index is 0.0142. The molecule has 0 aromatic heterocycles. The molecular weight excluding hydrogens is 701 g/mol. The molecule has 1 aliphatic carbocycles. The first-order chi connectivity index (χ1) is 28.2. The van der Waals surface area contributed by atoms with E-state index in [9.17, 15) is 0 Å². The minimum absolute atomic E-state index is 0.0142. The highest BCUT2D eigenvalue weighted by Crippen LogP contribution is 2.52. The molecular formula is C56H58N2. The molecule has 0 radical (unpaired) electrons. The largest absolute Gasteiger partial charge is 0.311 e. The van der Waals surface area contributed by atoms with Gasteiger partial charge in [0.1, 0.15) is 0 Å². The summed E-state index contributed by atoms with van der Waals surface area (Å²) in [5, 5.41) is 0. The van der Waals surface area contributed by atoms with Gasteiger partial charge in [0.2, 0.25) is 0 Å². The molecule has 1 unspecified atom stereocenters. The van der Waals surface area contributed by atoms with Crippen LogP contribution in [0.2, 0.25) is 0 Å². The average molecular weight is 759 g/mol. The highest BCUT2D eigenvalue weighted by Gasteiger charge is 2.39. The van der Waals surface area contributed by atoms with Gasteiger partial charge in [-0.25, -0.2) is 0 Å². The number of unbranched alkanes of at least 4 members (excludes halogenated alkanes) is 5. The van der Waals surface area contributed by atoms with Crippen molar-refractivity contribution in [3.63, 3.8) is 0 Å². The van der Waals surface area contributed by atoms with E-state index in [2.05, 4.69) is 209 Å². The monoisotopic (exact) mass is 758 g/mol. The first-order valence-corrected chi connectivity index (χ1v) is 21.5. The van der Waals surface area contributed by atoms with Crippen LogP contribution < -0.4 is 9.80 Å². The van der Waals surface area contributed by atoms with Crippen LogP contribution in [-0.2, 0) is 5.41 Å². The van der Waals surface area contributed by atoms with Crippen molar-refractivity contribution in [1.82, 2.24) is 0 Å². The molecule has 0 fully saturated rings. The molecule has 2 nitrogen and oxygen atoms in total. The van der Waals surface area contributed by atoms with Crippen LogP contribution in [0.3, 0.4) is 0 Å². The summed E-state index contributed by atoms with van der Waals surface area (Å²) in [4.78, 5) is 4.71. The van der Waals surface area contributed by atoms with E-state index >= 15 is 0 Å². The third kappa shape index (κ3) is 7.98. The zero-order valence-corrected chi connectivity index (χ0v) is 35.4. The summed E-state index contributed by atoms with van der Waals surface area (Å²) in [7, 11) is 0. The van der Waals surface area contributed by atoms with Gasteiger partial charge in [-0.3, -0.25) is 0 Å². The molecule has 2 heteroatoms. The van der Waals surface area contributed by atoms with E-state index in [0.29, 0.717) is 0 Å². The van der Waals surface area contributed by atoms with Crippen LogP contribution in [0.25, 0.3) is 22.3 Å². The summed E-state index contributed by atoms with van der Waals surface area (Å²) in [5.74, 6) is 0. The Hall–Kier alpha value is -5.86. The quantitative estimate of drug-likeness (QED) is 0.102. The van der Waals surface area contributed by atoms with E-state index in [0.717, 1.165) is 34.1 Å². The molecule has 1 atom stereocenters. The highest BCUT2D eigenvalue weighted by atomic mass is 15.2. The molecule has 0 bridgehead atoms. The van der Waals surface area contributed by atoms with Crippen molar-refractivity contribution in [3.05, 3.63) is 191 Å². The maximum absolute atomic E-state index is 2.50. The molecule has 0 heterocycles. The number of fused-ring (bicyclic) bond motifs is 3. The lowest BCUT2D eigenvalue weighted by Crippen LogP contribution is -2.21. The SMILES string of the molecule is CCCCCCCCC1(C)c2cc(C)ccc2-c2ccc(-c3ccc(N(c4ccc(C)cc4)c4ccc(N(c5ccc(C)cc5)c5ccc(C)cc5)cc4)cc3)cc21. The van der Waals surface area contributed by atoms with Gasteiger partial charge in [-0.1, -0.05) is 153 Å². The fraction of sp³-hybridized carbons (Fsp3) is 0.250. The van der Waals surface area contributed by atoms with Crippen molar-refractivity contribution < 1.29 is 0 Å². The highest BCUT2D eigenvalue weighted by molar-refractivity contribution is 5.85. The van der Waals surface area contributed by atoms with Crippen LogP contribution in [0.1, 0.15) is 92.2 Å². The van der Waals surface area contributed by atoms with Crippen LogP contribution in [0.4, 0.5) is 34.1 Å². The molecule has 58 heavy (non-hydrogen) atoms. The van der Waals surface area contributed by atoms with Gasteiger partial charge in [-0.2, -0.15) is 0 Å². The summed E-state index contributed by atoms with van der Waals surface area (Å²) in [6, 6.07) is 58.9. The van der Waals surface area contributed by atoms with E-state index in [1.54, 1.807) is 0 Å². The predicted molar refractivity (Wildman–Crippen MR) is 250 cm³/mol. The van der Waals surface area contributed by atoms with Gasteiger partial charge in [0.05, 0.1) is 0 Å². The van der Waals surface area contributed by atoms with Crippen molar-refractivity contribution in [2.75, 3.05) is 9.80 Å². The van der Waals surface area contributed by atoms with Crippen LogP contribution in [0, 0.1) is 27.7 Å². The third-order valence-corrected chi connectivity index (χ3v) is 12.4. The molecule has 0 N–H and O–H groups in total. The molecule has 0 spiro atoms. The smallest absolute Gasteiger partial charge is 0.0463 e. The first kappa shape index (κ1) is 39.0. The Labute approximate surface area is 347 Å². The Morgan fingerprint density at radius 3 is 1.17 bits per heavy atom. The van der Waals surface area contributed by atoms with Crippen LogP contribution >= 0.6 is 0 Å². The molecule has 0 aliphatic heterocycles. The maximum Gasteiger partial charge on any atom is 0.0463 e. The van der Waals surface area contributed by atoms with Crippen LogP contribution in [-0.4, -0.2) is 0 Å². The van der Waals surface area contributed by atoms with Crippen molar-refractivity contribution in [2.24, 2.45) is 0 Å². The number of anilines is 6. The summed E-state index contributed by atoms with van der Waals surface area (Å²) in [6.45, 7) is 13.5. The van der Waals surface area contributed by atoms with Gasteiger partial charge < -0.3 is 9.80 Å². The van der Waals surface area contributed by atoms with Crippen molar-refractivity contribution in [2.45, 2.75) is 91.9 Å². The van der Waals surface area contributed by atoms with Gasteiger partial charge in [0, 0.05) is 39.5 Å². The summed E-state index contributed by atoms with van der Waals surface area (Å²) in [6.07, 6.45) is 9.09. The molecule has 8 rings (SSSR count). The molecule has 7 aromatic carbocycles. The van der Waals surface area contributed by atoms with E-state index in [4.69, 9.17) is 0 Å². The Morgan fingerprint density at radius 2 is 0.707 bits per heavy atom. The number of hydrogen-bond acceptors (Lipinski definition) is 2. The molecule has 0 saturated heterocycles. The van der Waals surface area contributed by atoms with Crippen LogP contribution in [0.5, 0.6) is 0 Å². The minimum Gasteiger partial charge on any atom is -0.311 e. The lowest BCUT2D eigenvalue weighted by atomic mass is 9.75. The zero-order valence-electron chi connectivity index (χ0n) is 35.4. The fourth-order valence-corrected chi connectivity index (χ4v) is 8.97. The maximum atomic E-state index is 2.50. The van der Waals surface area contributed by atoms with Crippen molar-refractivity contribution in [3.8, 4) is 22.3 Å². The summed E-state index contributed by atoms with van der Waals surface area (Å²) < 4.78 is 0. The molecule has 7 aromatic rings. The Kier molecular flexibility index (Phi) is 11.4. The van der Waals surface area contributed by atoms with Crippen molar-refractivity contribution in [1.29, 1.82) is 0 Å². The zero-order chi connectivity index (χ0) is 40.2. The Balaban J connectivity index is 1.11. The van der Waals surface area contributed by atoms with E-state index in [1.807, 2.05) is 0 Å². The van der Waals surface area contributed by atoms with Gasteiger partial charge >= 0.3 is 0 Å². The molecule has 292 valence electrons. The first-order valence-electron chi connectivity index (χ1n) is 21.5. The standard InChI is InChI=1S/C56H58N2/c1-7-8-9-10-11-12-37-56(6)54-38-43(5)19-35-52(54)53-36-22-45(39-55(53)56)44-20-29-49(30-21-44)58(48-27-17-42(4)18-28-48)51-33-31-50(32-34-51)57(46-23-13-40(2)14-24-46)47-25-15-41(3)16-26-47/h13-36,38-39H,7-12,37H2,1-6H3. The summed E-state index contributed by atoms with van der Waals surface area (Å²) >= 11 is 0. The number of benzene rings is 7. The molecule has 0 saturated carbocycles. The topological polar surface area (TPSA) is 6.48 Å². The second-order valence-electron chi connectivity index (χ2n) is 16.9. The lowest BCUT2D eigenvalue weighted by molar-refractivity contribution is 0.480. The van der Waals surface area contributed by atoms with Gasteiger partial charge in [0.15, 0.2) is 0 Å². The summed E-state index contributed by atoms with van der Waals surface area (Å²) in [5.41, 5.74) is 20.2. The molecule has 1 aliphatic rings. The fourth-order valence-electron chi connectivity index (χ4n) is 8.97. The predicted octanol–water partition coefficient (Wildman–Crippen LogP) is 16.6. The lowest BCUT2D eigenvalue weighted by Gasteiger charge is -2.29. The van der Waals surface area contributed by atoms with Crippen LogP contribution in [0.15, 0.2) is 158 Å². The number of aryl methyl sites for hydroxylation is 4. The van der Waals surface area contributed by atoms with E-state index in [-0.39, 0.29) is 5.41 Å². The number of rotatable bonds is 14. The third-order valence-electron chi connectivity index (χ3n) is 12.4. The number of nitrogens with zero attached hydrogens (tertiary/aromatic N) is 2. The van der Waals surface area contributed by atoms with E-state index < -0.39 is 0 Å². The normalized spacial score (nSPS) is 14.2. The second-order valence-corrected chi connectivity index (χ2v) is 16.9. The number of hydrogen-bond donors (Lipinski definition) is 0. The van der Waals surface area contributed by atoms with Gasteiger partial charge in [0.25, 0.3) is 0 Å². The Bertz CT molecular complexity index is 2410.